The summed E-state index contributed by atoms with van der Waals surface area (Å²) in [6.07, 6.45) is 1.10. The van der Waals surface area contributed by atoms with E-state index < -0.39 is 6.04 Å². The van der Waals surface area contributed by atoms with Gasteiger partial charge in [0.25, 0.3) is 5.91 Å². The molecule has 1 N–H and O–H groups in total. The quantitative estimate of drug-likeness (QED) is 0.210. The molecule has 1 unspecified atom stereocenters. The average Bonchev–Trinajstić information content (AvgIpc) is 3.24. The number of anilines is 1. The summed E-state index contributed by atoms with van der Waals surface area (Å²) in [6, 6.07) is 28.6. The monoisotopic (exact) mass is 611 g/mol. The second-order valence-corrected chi connectivity index (χ2v) is 11.7. The van der Waals surface area contributed by atoms with Gasteiger partial charge in [-0.2, -0.15) is 0 Å². The number of benzene rings is 4. The standard InChI is InChI=1S/C34H34BrN3O3/c1-23(2)36-33(40)30(21-24-9-4-3-5-10-24)38(22-25-16-18-27(35)19-17-25)31(39)15-8-20-37-29-14-7-12-26-11-6-13-28(32(26)29)34(37)41/h3-7,9-14,16-19,23,30H,8,15,20-22H2,1-2H3,(H,36,40). The van der Waals surface area contributed by atoms with Crippen molar-refractivity contribution in [1.82, 2.24) is 10.2 Å². The van der Waals surface area contributed by atoms with Crippen molar-refractivity contribution in [1.29, 1.82) is 0 Å². The van der Waals surface area contributed by atoms with Crippen molar-refractivity contribution in [3.05, 3.63) is 112 Å². The van der Waals surface area contributed by atoms with Crippen LogP contribution in [0.1, 0.15) is 48.2 Å². The lowest BCUT2D eigenvalue weighted by atomic mass is 10.0. The predicted octanol–water partition coefficient (Wildman–Crippen LogP) is 6.51. The minimum atomic E-state index is -0.678. The molecule has 1 heterocycles. The first-order valence-corrected chi connectivity index (χ1v) is 14.8. The number of carbonyl (C=O) groups is 3. The Kier molecular flexibility index (Phi) is 8.84. The Hall–Kier alpha value is -3.97. The summed E-state index contributed by atoms with van der Waals surface area (Å²) < 4.78 is 0.948. The second-order valence-electron chi connectivity index (χ2n) is 10.8. The molecule has 0 radical (unpaired) electrons. The van der Waals surface area contributed by atoms with E-state index in [0.717, 1.165) is 32.1 Å². The topological polar surface area (TPSA) is 69.7 Å². The van der Waals surface area contributed by atoms with E-state index in [2.05, 4.69) is 21.2 Å². The molecule has 210 valence electrons. The predicted molar refractivity (Wildman–Crippen MR) is 167 cm³/mol. The molecule has 0 aliphatic carbocycles. The van der Waals surface area contributed by atoms with Gasteiger partial charge >= 0.3 is 0 Å². The molecule has 4 aromatic carbocycles. The third kappa shape index (κ3) is 6.51. The van der Waals surface area contributed by atoms with Gasteiger partial charge in [-0.25, -0.2) is 0 Å². The lowest BCUT2D eigenvalue weighted by molar-refractivity contribution is -0.141. The number of amides is 3. The lowest BCUT2D eigenvalue weighted by Gasteiger charge is -2.32. The van der Waals surface area contributed by atoms with Crippen LogP contribution in [-0.4, -0.2) is 41.2 Å². The van der Waals surface area contributed by atoms with Crippen LogP contribution in [0.15, 0.2) is 95.5 Å². The maximum atomic E-state index is 13.9. The molecule has 41 heavy (non-hydrogen) atoms. The van der Waals surface area contributed by atoms with Crippen LogP contribution in [-0.2, 0) is 22.6 Å². The number of carbonyl (C=O) groups excluding carboxylic acids is 3. The molecule has 1 aliphatic heterocycles. The first-order chi connectivity index (χ1) is 19.8. The summed E-state index contributed by atoms with van der Waals surface area (Å²) in [7, 11) is 0. The van der Waals surface area contributed by atoms with E-state index in [1.54, 1.807) is 9.80 Å². The molecule has 3 amide bonds. The van der Waals surface area contributed by atoms with Crippen LogP contribution in [0, 0.1) is 0 Å². The molecule has 0 fully saturated rings. The van der Waals surface area contributed by atoms with Crippen molar-refractivity contribution in [3.63, 3.8) is 0 Å². The lowest BCUT2D eigenvalue weighted by Crippen LogP contribution is -2.51. The average molecular weight is 613 g/mol. The van der Waals surface area contributed by atoms with E-state index in [1.807, 2.05) is 105 Å². The summed E-state index contributed by atoms with van der Waals surface area (Å²) in [6.45, 7) is 4.57. The van der Waals surface area contributed by atoms with Crippen molar-refractivity contribution in [2.24, 2.45) is 0 Å². The van der Waals surface area contributed by atoms with Crippen LogP contribution < -0.4 is 10.2 Å². The van der Waals surface area contributed by atoms with E-state index in [0.29, 0.717) is 31.5 Å². The highest BCUT2D eigenvalue weighted by Crippen LogP contribution is 2.37. The Labute approximate surface area is 249 Å². The minimum Gasteiger partial charge on any atom is -0.352 e. The molecular weight excluding hydrogens is 578 g/mol. The Morgan fingerprint density at radius 3 is 2.29 bits per heavy atom. The molecule has 0 bridgehead atoms. The summed E-state index contributed by atoms with van der Waals surface area (Å²) in [4.78, 5) is 44.2. The third-order valence-electron chi connectivity index (χ3n) is 7.39. The molecule has 0 spiro atoms. The molecule has 5 rings (SSSR count). The molecule has 4 aromatic rings. The number of nitrogens with zero attached hydrogens (tertiary/aromatic N) is 2. The number of hydrogen-bond donors (Lipinski definition) is 1. The van der Waals surface area contributed by atoms with Crippen LogP contribution in [0.5, 0.6) is 0 Å². The Morgan fingerprint density at radius 1 is 0.878 bits per heavy atom. The Bertz CT molecular complexity index is 1550. The normalized spacial score (nSPS) is 13.1. The fourth-order valence-electron chi connectivity index (χ4n) is 5.45. The van der Waals surface area contributed by atoms with Gasteiger partial charge in [0.05, 0.1) is 5.69 Å². The van der Waals surface area contributed by atoms with Gasteiger partial charge in [0.1, 0.15) is 6.04 Å². The van der Waals surface area contributed by atoms with Crippen LogP contribution in [0.2, 0.25) is 0 Å². The maximum absolute atomic E-state index is 13.9. The zero-order valence-corrected chi connectivity index (χ0v) is 24.9. The highest BCUT2D eigenvalue weighted by atomic mass is 79.9. The van der Waals surface area contributed by atoms with Crippen LogP contribution in [0.25, 0.3) is 10.8 Å². The van der Waals surface area contributed by atoms with Crippen LogP contribution >= 0.6 is 15.9 Å². The fourth-order valence-corrected chi connectivity index (χ4v) is 5.72. The minimum absolute atomic E-state index is 0.0331. The van der Waals surface area contributed by atoms with Gasteiger partial charge in [0.15, 0.2) is 0 Å². The SMILES string of the molecule is CC(C)NC(=O)C(Cc1ccccc1)N(Cc1ccc(Br)cc1)C(=O)CCCN1C(=O)c2cccc3cccc1c23. The largest absolute Gasteiger partial charge is 0.352 e. The highest BCUT2D eigenvalue weighted by Gasteiger charge is 2.32. The van der Waals surface area contributed by atoms with E-state index in [4.69, 9.17) is 0 Å². The van der Waals surface area contributed by atoms with Crippen LogP contribution in [0.3, 0.4) is 0 Å². The van der Waals surface area contributed by atoms with Gasteiger partial charge in [-0.1, -0.05) is 82.7 Å². The summed E-state index contributed by atoms with van der Waals surface area (Å²) in [5.41, 5.74) is 3.52. The van der Waals surface area contributed by atoms with Gasteiger partial charge in [0.2, 0.25) is 11.8 Å². The molecule has 0 saturated heterocycles. The Morgan fingerprint density at radius 2 is 1.59 bits per heavy atom. The van der Waals surface area contributed by atoms with Crippen LogP contribution in [0.4, 0.5) is 5.69 Å². The molecule has 1 aliphatic rings. The molecule has 0 aromatic heterocycles. The van der Waals surface area contributed by atoms with E-state index in [9.17, 15) is 14.4 Å². The first-order valence-electron chi connectivity index (χ1n) is 14.0. The van der Waals surface area contributed by atoms with E-state index >= 15 is 0 Å². The summed E-state index contributed by atoms with van der Waals surface area (Å²) >= 11 is 3.48. The molecular formula is C34H34BrN3O3. The van der Waals surface area contributed by atoms with Crippen molar-refractivity contribution in [2.75, 3.05) is 11.4 Å². The van der Waals surface area contributed by atoms with Gasteiger partial charge in [-0.15, -0.1) is 0 Å². The van der Waals surface area contributed by atoms with Crippen molar-refractivity contribution in [3.8, 4) is 0 Å². The summed E-state index contributed by atoms with van der Waals surface area (Å²) in [5.74, 6) is -0.324. The van der Waals surface area contributed by atoms with Crippen molar-refractivity contribution >= 4 is 50.1 Å². The summed E-state index contributed by atoms with van der Waals surface area (Å²) in [5, 5.41) is 5.03. The van der Waals surface area contributed by atoms with Gasteiger partial charge < -0.3 is 15.1 Å². The zero-order valence-electron chi connectivity index (χ0n) is 23.3. The van der Waals surface area contributed by atoms with Crippen molar-refractivity contribution in [2.45, 2.75) is 51.7 Å². The number of halogens is 1. The Balaban J connectivity index is 1.37. The molecule has 7 heteroatoms. The number of hydrogen-bond acceptors (Lipinski definition) is 3. The maximum Gasteiger partial charge on any atom is 0.258 e. The van der Waals surface area contributed by atoms with E-state index in [1.165, 1.54) is 0 Å². The molecule has 6 nitrogen and oxygen atoms in total. The first kappa shape index (κ1) is 28.6. The van der Waals surface area contributed by atoms with Gasteiger partial charge in [-0.3, -0.25) is 14.4 Å². The van der Waals surface area contributed by atoms with Crippen molar-refractivity contribution < 1.29 is 14.4 Å². The fraction of sp³-hybridized carbons (Fsp3) is 0.265. The second kappa shape index (κ2) is 12.7. The zero-order chi connectivity index (χ0) is 28.9. The molecule has 0 saturated carbocycles. The highest BCUT2D eigenvalue weighted by molar-refractivity contribution is 9.10. The number of nitrogens with one attached hydrogen (secondary N) is 1. The number of rotatable bonds is 11. The smallest absolute Gasteiger partial charge is 0.258 e. The van der Waals surface area contributed by atoms with E-state index in [-0.39, 0.29) is 30.2 Å². The van der Waals surface area contributed by atoms with Gasteiger partial charge in [0, 0.05) is 47.4 Å². The van der Waals surface area contributed by atoms with Gasteiger partial charge in [-0.05, 0) is 61.0 Å². The molecule has 1 atom stereocenters. The third-order valence-corrected chi connectivity index (χ3v) is 7.92.